The minimum atomic E-state index is -0.673. The van der Waals surface area contributed by atoms with Crippen LogP contribution >= 0.6 is 11.3 Å². The Morgan fingerprint density at radius 2 is 1.93 bits per heavy atom. The van der Waals surface area contributed by atoms with Gasteiger partial charge in [-0.25, -0.2) is 9.78 Å². The van der Waals surface area contributed by atoms with Crippen molar-refractivity contribution in [3.63, 3.8) is 0 Å². The van der Waals surface area contributed by atoms with Crippen LogP contribution in [-0.2, 0) is 17.8 Å². The first-order chi connectivity index (χ1) is 13.0. The zero-order valence-corrected chi connectivity index (χ0v) is 16.3. The number of carbonyl (C=O) groups is 2. The van der Waals surface area contributed by atoms with Gasteiger partial charge >= 0.3 is 6.03 Å². The molecule has 3 rings (SSSR count). The highest BCUT2D eigenvalue weighted by molar-refractivity contribution is 7.13. The van der Waals surface area contributed by atoms with Gasteiger partial charge in [-0.1, -0.05) is 0 Å². The Hall–Kier alpha value is -2.81. The van der Waals surface area contributed by atoms with Crippen LogP contribution in [-0.4, -0.2) is 48.6 Å². The van der Waals surface area contributed by atoms with E-state index >= 15 is 0 Å². The van der Waals surface area contributed by atoms with Gasteiger partial charge in [-0.3, -0.25) is 4.79 Å². The first kappa shape index (κ1) is 19.0. The number of thiazole rings is 1. The number of anilines is 1. The summed E-state index contributed by atoms with van der Waals surface area (Å²) >= 11 is 1.33. The van der Waals surface area contributed by atoms with E-state index in [0.29, 0.717) is 36.1 Å². The van der Waals surface area contributed by atoms with E-state index in [1.54, 1.807) is 37.6 Å². The number of urea groups is 1. The minimum Gasteiger partial charge on any atom is -0.493 e. The normalized spacial score (nSPS) is 14.1. The zero-order valence-electron chi connectivity index (χ0n) is 15.4. The lowest BCUT2D eigenvalue weighted by molar-refractivity contribution is -0.117. The van der Waals surface area contributed by atoms with Crippen molar-refractivity contribution < 1.29 is 19.1 Å². The molecule has 0 saturated heterocycles. The molecule has 1 aromatic heterocycles. The molecule has 0 fully saturated rings. The number of aromatic nitrogens is 1. The standard InChI is InChI=1S/C18H22N4O4S/c1-11(16(23)21-17-19-5-7-27-17)20-18(24)22-6-4-12-8-14(25-2)15(26-3)9-13(12)10-22/h5,7-9,11H,4,6,10H2,1-3H3,(H,20,24)(H,19,21,23). The molecule has 1 aliphatic heterocycles. The lowest BCUT2D eigenvalue weighted by Gasteiger charge is -2.30. The predicted molar refractivity (Wildman–Crippen MR) is 102 cm³/mol. The topological polar surface area (TPSA) is 92.8 Å². The maximum absolute atomic E-state index is 12.6. The summed E-state index contributed by atoms with van der Waals surface area (Å²) in [4.78, 5) is 30.4. The Labute approximate surface area is 161 Å². The van der Waals surface area contributed by atoms with Gasteiger partial charge in [-0.2, -0.15) is 0 Å². The number of carbonyl (C=O) groups excluding carboxylic acids is 2. The summed E-state index contributed by atoms with van der Waals surface area (Å²) in [6.45, 7) is 2.66. The van der Waals surface area contributed by atoms with Gasteiger partial charge in [0.05, 0.1) is 14.2 Å². The Morgan fingerprint density at radius 1 is 1.22 bits per heavy atom. The second-order valence-corrected chi connectivity index (χ2v) is 7.04. The fourth-order valence-electron chi connectivity index (χ4n) is 2.90. The number of methoxy groups -OCH3 is 2. The summed E-state index contributed by atoms with van der Waals surface area (Å²) in [6.07, 6.45) is 2.32. The molecule has 27 heavy (non-hydrogen) atoms. The van der Waals surface area contributed by atoms with Gasteiger partial charge in [-0.15, -0.1) is 11.3 Å². The SMILES string of the molecule is COc1cc2c(cc1OC)CN(C(=O)NC(C)C(=O)Nc1nccs1)CC2. The van der Waals surface area contributed by atoms with Gasteiger partial charge in [0.25, 0.3) is 0 Å². The first-order valence-corrected chi connectivity index (χ1v) is 9.39. The van der Waals surface area contributed by atoms with Crippen LogP contribution in [0.4, 0.5) is 9.93 Å². The van der Waals surface area contributed by atoms with Gasteiger partial charge in [-0.05, 0) is 36.6 Å². The largest absolute Gasteiger partial charge is 0.493 e. The van der Waals surface area contributed by atoms with Gasteiger partial charge in [0.1, 0.15) is 6.04 Å². The van der Waals surface area contributed by atoms with Crippen molar-refractivity contribution in [1.82, 2.24) is 15.2 Å². The van der Waals surface area contributed by atoms with E-state index < -0.39 is 6.04 Å². The number of nitrogens with one attached hydrogen (secondary N) is 2. The molecule has 3 amide bonds. The lowest BCUT2D eigenvalue weighted by Crippen LogP contribution is -2.49. The van der Waals surface area contributed by atoms with Gasteiger partial charge in [0.15, 0.2) is 16.6 Å². The highest BCUT2D eigenvalue weighted by atomic mass is 32.1. The number of amides is 3. The third kappa shape index (κ3) is 4.30. The van der Waals surface area contributed by atoms with Crippen LogP contribution in [0.2, 0.25) is 0 Å². The second-order valence-electron chi connectivity index (χ2n) is 6.15. The van der Waals surface area contributed by atoms with Crippen molar-refractivity contribution in [2.75, 3.05) is 26.1 Å². The molecule has 0 spiro atoms. The van der Waals surface area contributed by atoms with Crippen molar-refractivity contribution in [1.29, 1.82) is 0 Å². The Bertz CT molecular complexity index is 825. The molecular weight excluding hydrogens is 368 g/mol. The highest BCUT2D eigenvalue weighted by Gasteiger charge is 2.25. The molecule has 1 unspecified atom stereocenters. The van der Waals surface area contributed by atoms with Crippen molar-refractivity contribution >= 4 is 28.4 Å². The van der Waals surface area contributed by atoms with E-state index in [-0.39, 0.29) is 11.9 Å². The number of hydrogen-bond donors (Lipinski definition) is 2. The van der Waals surface area contributed by atoms with Crippen molar-refractivity contribution in [2.45, 2.75) is 25.9 Å². The van der Waals surface area contributed by atoms with Gasteiger partial charge < -0.3 is 25.0 Å². The van der Waals surface area contributed by atoms with Crippen LogP contribution < -0.4 is 20.1 Å². The van der Waals surface area contributed by atoms with Crippen LogP contribution in [0.1, 0.15) is 18.1 Å². The smallest absolute Gasteiger partial charge is 0.318 e. The molecule has 2 heterocycles. The van der Waals surface area contributed by atoms with Crippen molar-refractivity contribution in [2.24, 2.45) is 0 Å². The number of ether oxygens (including phenoxy) is 2. The Balaban J connectivity index is 1.62. The Kier molecular flexibility index (Phi) is 5.80. The van der Waals surface area contributed by atoms with Crippen LogP contribution in [0.15, 0.2) is 23.7 Å². The molecule has 0 bridgehead atoms. The molecule has 1 atom stereocenters. The summed E-state index contributed by atoms with van der Waals surface area (Å²) in [6, 6.07) is 2.89. The number of benzene rings is 1. The first-order valence-electron chi connectivity index (χ1n) is 8.51. The zero-order chi connectivity index (χ0) is 19.4. The van der Waals surface area contributed by atoms with E-state index in [4.69, 9.17) is 9.47 Å². The summed E-state index contributed by atoms with van der Waals surface area (Å²) in [5.74, 6) is 1.01. The summed E-state index contributed by atoms with van der Waals surface area (Å²) < 4.78 is 10.7. The predicted octanol–water partition coefficient (Wildman–Crippen LogP) is 2.26. The van der Waals surface area contributed by atoms with Crippen molar-refractivity contribution in [3.05, 3.63) is 34.8 Å². The summed E-state index contributed by atoms with van der Waals surface area (Å²) in [5, 5.41) is 7.70. The molecular formula is C18H22N4O4S. The molecule has 1 aromatic carbocycles. The monoisotopic (exact) mass is 390 g/mol. The maximum Gasteiger partial charge on any atom is 0.318 e. The third-order valence-electron chi connectivity index (χ3n) is 4.40. The molecule has 1 aliphatic rings. The molecule has 2 N–H and O–H groups in total. The fraction of sp³-hybridized carbons (Fsp3) is 0.389. The van der Waals surface area contributed by atoms with E-state index in [1.165, 1.54) is 11.3 Å². The van der Waals surface area contributed by atoms with Gasteiger partial charge in [0.2, 0.25) is 5.91 Å². The van der Waals surface area contributed by atoms with Crippen LogP contribution in [0.25, 0.3) is 0 Å². The maximum atomic E-state index is 12.6. The Morgan fingerprint density at radius 3 is 2.56 bits per heavy atom. The van der Waals surface area contributed by atoms with E-state index in [2.05, 4.69) is 15.6 Å². The fourth-order valence-corrected chi connectivity index (χ4v) is 3.43. The quantitative estimate of drug-likeness (QED) is 0.817. The molecule has 0 aliphatic carbocycles. The molecule has 9 heteroatoms. The highest BCUT2D eigenvalue weighted by Crippen LogP contribution is 2.33. The van der Waals surface area contributed by atoms with E-state index in [9.17, 15) is 9.59 Å². The molecule has 144 valence electrons. The van der Waals surface area contributed by atoms with Crippen LogP contribution in [0, 0.1) is 0 Å². The number of nitrogens with zero attached hydrogens (tertiary/aromatic N) is 2. The van der Waals surface area contributed by atoms with Crippen LogP contribution in [0.5, 0.6) is 11.5 Å². The average Bonchev–Trinajstić information content (AvgIpc) is 3.19. The number of fused-ring (bicyclic) bond motifs is 1. The lowest BCUT2D eigenvalue weighted by atomic mass is 9.99. The van der Waals surface area contributed by atoms with Crippen LogP contribution in [0.3, 0.4) is 0 Å². The number of hydrogen-bond acceptors (Lipinski definition) is 6. The molecule has 8 nitrogen and oxygen atoms in total. The minimum absolute atomic E-state index is 0.280. The number of rotatable bonds is 5. The third-order valence-corrected chi connectivity index (χ3v) is 5.09. The average molecular weight is 390 g/mol. The molecule has 0 radical (unpaired) electrons. The van der Waals surface area contributed by atoms with E-state index in [0.717, 1.165) is 11.1 Å². The molecule has 0 saturated carbocycles. The van der Waals surface area contributed by atoms with Crippen molar-refractivity contribution in [3.8, 4) is 11.5 Å². The second kappa shape index (κ2) is 8.26. The summed E-state index contributed by atoms with van der Waals surface area (Å²) in [5.41, 5.74) is 2.14. The molecule has 2 aromatic rings. The van der Waals surface area contributed by atoms with E-state index in [1.807, 2.05) is 12.1 Å². The summed E-state index contributed by atoms with van der Waals surface area (Å²) in [7, 11) is 3.19. The van der Waals surface area contributed by atoms with Gasteiger partial charge in [0, 0.05) is 24.7 Å².